The minimum Gasteiger partial charge on any atom is -0.493 e. The van der Waals surface area contributed by atoms with Crippen LogP contribution < -0.4 is 4.87 Å². The van der Waals surface area contributed by atoms with E-state index in [-0.39, 0.29) is 10.8 Å². The van der Waals surface area contributed by atoms with Crippen LogP contribution in [0.2, 0.25) is 15.1 Å². The molecule has 1 N–H and O–H groups in total. The number of aromatic nitrogens is 1. The van der Waals surface area contributed by atoms with Gasteiger partial charge in [-0.15, -0.1) is 0 Å². The van der Waals surface area contributed by atoms with Crippen LogP contribution in [0, 0.1) is 0 Å². The summed E-state index contributed by atoms with van der Waals surface area (Å²) in [5.74, 6) is -0.175. The third kappa shape index (κ3) is 3.67. The highest BCUT2D eigenvalue weighted by Crippen LogP contribution is 2.40. The number of thiazole rings is 1. The fourth-order valence-electron chi connectivity index (χ4n) is 3.54. The van der Waals surface area contributed by atoms with Crippen molar-refractivity contribution >= 4 is 69.2 Å². The second-order valence-corrected chi connectivity index (χ2v) is 9.28. The number of hydrogen-bond acceptors (Lipinski definition) is 4. The van der Waals surface area contributed by atoms with Gasteiger partial charge in [-0.25, -0.2) is 9.56 Å². The van der Waals surface area contributed by atoms with Crippen LogP contribution >= 0.6 is 46.1 Å². The molecule has 8 heteroatoms. The molecule has 32 heavy (non-hydrogen) atoms. The van der Waals surface area contributed by atoms with Gasteiger partial charge in [0.2, 0.25) is 5.88 Å². The molecule has 0 radical (unpaired) electrons. The van der Waals surface area contributed by atoms with Crippen LogP contribution in [0.15, 0.2) is 76.5 Å². The average Bonchev–Trinajstić information content (AvgIpc) is 3.28. The van der Waals surface area contributed by atoms with Crippen molar-refractivity contribution in [2.24, 2.45) is 4.99 Å². The number of aromatic hydroxyl groups is 1. The van der Waals surface area contributed by atoms with Gasteiger partial charge in [0.15, 0.2) is 0 Å². The lowest BCUT2D eigenvalue weighted by molar-refractivity contribution is 0.440. The van der Waals surface area contributed by atoms with Crippen LogP contribution in [0.4, 0.5) is 5.69 Å². The molecule has 0 saturated heterocycles. The molecular formula is C24H13Cl3N2O2S. The maximum atomic E-state index is 12.7. The molecule has 0 bridgehead atoms. The zero-order chi connectivity index (χ0) is 22.4. The highest BCUT2D eigenvalue weighted by molar-refractivity contribution is 7.10. The first kappa shape index (κ1) is 21.0. The lowest BCUT2D eigenvalue weighted by Crippen LogP contribution is -2.09. The molecule has 4 nitrogen and oxygen atoms in total. The molecule has 2 heterocycles. The molecule has 0 saturated carbocycles. The normalized spacial score (nSPS) is 14.0. The van der Waals surface area contributed by atoms with Gasteiger partial charge < -0.3 is 5.11 Å². The maximum Gasteiger partial charge on any atom is 0.315 e. The molecule has 1 aliphatic heterocycles. The summed E-state index contributed by atoms with van der Waals surface area (Å²) in [5.41, 5.74) is 4.59. The number of para-hydroxylation sites is 1. The van der Waals surface area contributed by atoms with E-state index in [0.29, 0.717) is 25.6 Å². The van der Waals surface area contributed by atoms with E-state index in [1.807, 2.05) is 36.4 Å². The van der Waals surface area contributed by atoms with Crippen LogP contribution in [0.25, 0.3) is 17.3 Å². The molecule has 0 atom stereocenters. The van der Waals surface area contributed by atoms with Gasteiger partial charge in [-0.2, -0.15) is 0 Å². The fraction of sp³-hybridized carbons (Fsp3) is 0. The van der Waals surface area contributed by atoms with Crippen molar-refractivity contribution < 1.29 is 5.11 Å². The van der Waals surface area contributed by atoms with E-state index < -0.39 is 0 Å². The molecule has 0 aliphatic carbocycles. The molecule has 0 amide bonds. The van der Waals surface area contributed by atoms with Crippen molar-refractivity contribution in [3.05, 3.63) is 107 Å². The molecule has 1 aromatic heterocycles. The minimum atomic E-state index is -0.344. The van der Waals surface area contributed by atoms with Gasteiger partial charge in [-0.3, -0.25) is 4.79 Å². The monoisotopic (exact) mass is 498 g/mol. The van der Waals surface area contributed by atoms with Crippen molar-refractivity contribution in [1.82, 2.24) is 4.57 Å². The van der Waals surface area contributed by atoms with Gasteiger partial charge in [-0.05, 0) is 42.5 Å². The third-order valence-corrected chi connectivity index (χ3v) is 6.92. The smallest absolute Gasteiger partial charge is 0.315 e. The van der Waals surface area contributed by atoms with Crippen LogP contribution in [0.3, 0.4) is 0 Å². The number of rotatable bonds is 3. The Morgan fingerprint density at radius 3 is 2.44 bits per heavy atom. The van der Waals surface area contributed by atoms with E-state index in [1.165, 1.54) is 4.57 Å². The molecule has 0 spiro atoms. The predicted octanol–water partition coefficient (Wildman–Crippen LogP) is 7.24. The fourth-order valence-corrected chi connectivity index (χ4v) is 4.79. The van der Waals surface area contributed by atoms with E-state index in [4.69, 9.17) is 39.8 Å². The van der Waals surface area contributed by atoms with Crippen molar-refractivity contribution in [3.8, 4) is 11.6 Å². The largest absolute Gasteiger partial charge is 0.493 e. The van der Waals surface area contributed by atoms with Crippen molar-refractivity contribution in [2.45, 2.75) is 0 Å². The highest BCUT2D eigenvalue weighted by Gasteiger charge is 2.24. The van der Waals surface area contributed by atoms with Crippen LogP contribution in [-0.2, 0) is 0 Å². The standard InChI is InChI=1S/C24H13Cl3N2O2S/c25-14-7-5-13(6-8-14)22-17(16-3-1-2-4-20(16)28-22)12-21-23(30)29(24(31)32-21)15-9-10-18(26)19(27)11-15/h1-12,30H. The second-order valence-electron chi connectivity index (χ2n) is 7.03. The van der Waals surface area contributed by atoms with Crippen molar-refractivity contribution in [3.63, 3.8) is 0 Å². The highest BCUT2D eigenvalue weighted by atomic mass is 35.5. The summed E-state index contributed by atoms with van der Waals surface area (Å²) in [6, 6.07) is 19.9. The maximum absolute atomic E-state index is 12.7. The SMILES string of the molecule is O=c1sc(C=C2C(c3ccc(Cl)cc3)=Nc3ccccc32)c(O)n1-c1ccc(Cl)c(Cl)c1. The molecule has 4 aromatic rings. The van der Waals surface area contributed by atoms with E-state index >= 15 is 0 Å². The van der Waals surface area contributed by atoms with E-state index in [2.05, 4.69) is 0 Å². The molecule has 0 unspecified atom stereocenters. The Morgan fingerprint density at radius 2 is 1.69 bits per heavy atom. The Balaban J connectivity index is 1.66. The Bertz CT molecular complexity index is 1480. The van der Waals surface area contributed by atoms with Crippen molar-refractivity contribution in [1.29, 1.82) is 0 Å². The zero-order valence-electron chi connectivity index (χ0n) is 16.2. The number of nitrogens with zero attached hydrogens (tertiary/aromatic N) is 2. The molecule has 5 rings (SSSR count). The number of fused-ring (bicyclic) bond motifs is 1. The summed E-state index contributed by atoms with van der Waals surface area (Å²) >= 11 is 19.1. The average molecular weight is 500 g/mol. The molecule has 3 aromatic carbocycles. The van der Waals surface area contributed by atoms with Gasteiger partial charge in [0.25, 0.3) is 0 Å². The Labute approximate surface area is 202 Å². The Hall–Kier alpha value is -2.83. The summed E-state index contributed by atoms with van der Waals surface area (Å²) in [4.78, 5) is 17.6. The minimum absolute atomic E-state index is 0.175. The number of benzene rings is 3. The van der Waals surface area contributed by atoms with Gasteiger partial charge in [0.1, 0.15) is 0 Å². The Kier molecular flexibility index (Phi) is 5.43. The van der Waals surface area contributed by atoms with Crippen molar-refractivity contribution in [2.75, 3.05) is 0 Å². The number of aliphatic imine (C=N–C) groups is 1. The quantitative estimate of drug-likeness (QED) is 0.323. The summed E-state index contributed by atoms with van der Waals surface area (Å²) in [5, 5.41) is 12.2. The first-order chi connectivity index (χ1) is 15.4. The van der Waals surface area contributed by atoms with E-state index in [0.717, 1.165) is 39.4 Å². The van der Waals surface area contributed by atoms with Crippen LogP contribution in [-0.4, -0.2) is 15.4 Å². The zero-order valence-corrected chi connectivity index (χ0v) is 19.3. The van der Waals surface area contributed by atoms with E-state index in [1.54, 1.807) is 36.4 Å². The Morgan fingerprint density at radius 1 is 0.938 bits per heavy atom. The van der Waals surface area contributed by atoms with Gasteiger partial charge in [0.05, 0.1) is 32.0 Å². The third-order valence-electron chi connectivity index (χ3n) is 5.05. The predicted molar refractivity (Wildman–Crippen MR) is 134 cm³/mol. The van der Waals surface area contributed by atoms with Gasteiger partial charge in [-0.1, -0.05) is 76.5 Å². The lowest BCUT2D eigenvalue weighted by Gasteiger charge is -2.07. The number of halogens is 3. The second kappa shape index (κ2) is 8.26. The van der Waals surface area contributed by atoms with Gasteiger partial charge in [0, 0.05) is 21.7 Å². The first-order valence-corrected chi connectivity index (χ1v) is 11.4. The molecule has 158 valence electrons. The lowest BCUT2D eigenvalue weighted by atomic mass is 9.97. The topological polar surface area (TPSA) is 54.6 Å². The molecular weight excluding hydrogens is 487 g/mol. The summed E-state index contributed by atoms with van der Waals surface area (Å²) < 4.78 is 1.21. The van der Waals surface area contributed by atoms with E-state index in [9.17, 15) is 9.90 Å². The first-order valence-electron chi connectivity index (χ1n) is 9.49. The summed E-state index contributed by atoms with van der Waals surface area (Å²) in [7, 11) is 0. The summed E-state index contributed by atoms with van der Waals surface area (Å²) in [6.45, 7) is 0. The number of allylic oxidation sites excluding steroid dienone is 1. The van der Waals surface area contributed by atoms with Crippen LogP contribution in [0.5, 0.6) is 5.88 Å². The summed E-state index contributed by atoms with van der Waals surface area (Å²) in [6.07, 6.45) is 1.79. The van der Waals surface area contributed by atoms with Gasteiger partial charge >= 0.3 is 4.87 Å². The van der Waals surface area contributed by atoms with Crippen LogP contribution in [0.1, 0.15) is 16.0 Å². The molecule has 0 fully saturated rings. The number of hydrogen-bond donors (Lipinski definition) is 1. The molecule has 1 aliphatic rings.